The predicted molar refractivity (Wildman–Crippen MR) is 87.8 cm³/mol. The molecule has 27 heavy (non-hydrogen) atoms. The summed E-state index contributed by atoms with van der Waals surface area (Å²) in [4.78, 5) is 49.7. The molecule has 1 aromatic rings. The van der Waals surface area contributed by atoms with E-state index in [2.05, 4.69) is 5.32 Å². The van der Waals surface area contributed by atoms with E-state index in [1.54, 1.807) is 0 Å². The molecular formula is C17H17F2N3O5. The number of benzene rings is 1. The molecule has 2 atom stereocenters. The first-order valence-electron chi connectivity index (χ1n) is 8.41. The first-order valence-corrected chi connectivity index (χ1v) is 8.41. The van der Waals surface area contributed by atoms with Gasteiger partial charge in [-0.05, 0) is 31.4 Å². The molecule has 3 rings (SSSR count). The summed E-state index contributed by atoms with van der Waals surface area (Å²) in [6, 6.07) is -0.320. The van der Waals surface area contributed by atoms with Crippen LogP contribution >= 0.6 is 0 Å². The minimum absolute atomic E-state index is 0.0500. The second kappa shape index (κ2) is 7.29. The van der Waals surface area contributed by atoms with Crippen molar-refractivity contribution in [3.05, 3.63) is 29.8 Å². The molecule has 4 amide bonds. The number of hydrogen-bond donors (Lipinski definition) is 2. The molecule has 8 nitrogen and oxygen atoms in total. The first-order chi connectivity index (χ1) is 12.8. The van der Waals surface area contributed by atoms with Crippen LogP contribution in [0.2, 0.25) is 0 Å². The van der Waals surface area contributed by atoms with Crippen LogP contribution in [0.3, 0.4) is 0 Å². The molecule has 0 unspecified atom stereocenters. The lowest BCUT2D eigenvalue weighted by molar-refractivity contribution is -0.148. The zero-order valence-electron chi connectivity index (χ0n) is 14.2. The molecule has 2 N–H and O–H groups in total. The third-order valence-electron chi connectivity index (χ3n) is 4.67. The van der Waals surface area contributed by atoms with Crippen molar-refractivity contribution in [2.24, 2.45) is 0 Å². The molecule has 2 saturated heterocycles. The van der Waals surface area contributed by atoms with Gasteiger partial charge in [-0.1, -0.05) is 0 Å². The van der Waals surface area contributed by atoms with Gasteiger partial charge in [-0.3, -0.25) is 9.59 Å². The lowest BCUT2D eigenvalue weighted by Gasteiger charge is -2.21. The molecule has 144 valence electrons. The van der Waals surface area contributed by atoms with Crippen LogP contribution in [0, 0.1) is 11.6 Å². The maximum absolute atomic E-state index is 13.9. The van der Waals surface area contributed by atoms with E-state index < -0.39 is 47.5 Å². The topological polar surface area (TPSA) is 107 Å². The van der Waals surface area contributed by atoms with Crippen molar-refractivity contribution >= 4 is 29.5 Å². The normalized spacial score (nSPS) is 22.3. The fourth-order valence-corrected chi connectivity index (χ4v) is 3.35. The average molecular weight is 381 g/mol. The molecule has 0 aromatic heterocycles. The van der Waals surface area contributed by atoms with Gasteiger partial charge in [0.1, 0.15) is 23.7 Å². The Morgan fingerprint density at radius 1 is 1.26 bits per heavy atom. The number of carboxylic acid groups (broad SMARTS) is 1. The number of halogens is 2. The van der Waals surface area contributed by atoms with Crippen LogP contribution in [0.25, 0.3) is 0 Å². The summed E-state index contributed by atoms with van der Waals surface area (Å²) in [5.41, 5.74) is -0.377. The quantitative estimate of drug-likeness (QED) is 0.747. The summed E-state index contributed by atoms with van der Waals surface area (Å²) in [5, 5.41) is 11.5. The number of nitrogens with zero attached hydrogens (tertiary/aromatic N) is 2. The maximum atomic E-state index is 13.9. The predicted octanol–water partition coefficient (Wildman–Crippen LogP) is 1.25. The number of nitrogens with one attached hydrogen (secondary N) is 1. The molecule has 0 radical (unpaired) electrons. The van der Waals surface area contributed by atoms with Crippen molar-refractivity contribution in [2.45, 2.75) is 37.8 Å². The van der Waals surface area contributed by atoms with Crippen molar-refractivity contribution < 1.29 is 33.1 Å². The Labute approximate surface area is 152 Å². The molecule has 2 aliphatic heterocycles. The molecule has 0 aliphatic carbocycles. The van der Waals surface area contributed by atoms with Crippen LogP contribution < -0.4 is 10.2 Å². The molecule has 2 fully saturated rings. The van der Waals surface area contributed by atoms with E-state index in [4.69, 9.17) is 5.11 Å². The van der Waals surface area contributed by atoms with Crippen LogP contribution in [-0.2, 0) is 14.4 Å². The van der Waals surface area contributed by atoms with Gasteiger partial charge in [-0.15, -0.1) is 0 Å². The smallest absolute Gasteiger partial charge is 0.329 e. The van der Waals surface area contributed by atoms with E-state index in [-0.39, 0.29) is 18.5 Å². The van der Waals surface area contributed by atoms with E-state index >= 15 is 0 Å². The van der Waals surface area contributed by atoms with Crippen molar-refractivity contribution in [2.75, 3.05) is 11.4 Å². The number of likely N-dealkylation sites (tertiary alicyclic amines) is 1. The molecule has 0 spiro atoms. The summed E-state index contributed by atoms with van der Waals surface area (Å²) in [5.74, 6) is -4.16. The van der Waals surface area contributed by atoms with Crippen LogP contribution in [0.5, 0.6) is 0 Å². The minimum atomic E-state index is -1.08. The lowest BCUT2D eigenvalue weighted by atomic mass is 10.1. The van der Waals surface area contributed by atoms with Crippen LogP contribution in [0.1, 0.15) is 25.7 Å². The second-order valence-corrected chi connectivity index (χ2v) is 6.39. The molecule has 0 bridgehead atoms. The highest BCUT2D eigenvalue weighted by molar-refractivity contribution is 6.21. The summed E-state index contributed by atoms with van der Waals surface area (Å²) >= 11 is 0. The molecule has 1 aromatic carbocycles. The highest BCUT2D eigenvalue weighted by Gasteiger charge is 2.41. The van der Waals surface area contributed by atoms with E-state index in [9.17, 15) is 28.0 Å². The number of carbonyl (C=O) groups excluding carboxylic acids is 3. The van der Waals surface area contributed by atoms with Gasteiger partial charge in [0.15, 0.2) is 0 Å². The Bertz CT molecular complexity index is 816. The van der Waals surface area contributed by atoms with Crippen LogP contribution in [0.15, 0.2) is 18.2 Å². The molecule has 2 heterocycles. The SMILES string of the molecule is O=C(O)[C@@H]1CCCN1C(=O)CC[C@@H]1NC(=O)N(c2ccc(F)cc2F)C1=O. The summed E-state index contributed by atoms with van der Waals surface area (Å²) in [6.07, 6.45) is 0.767. The molecule has 10 heteroatoms. The summed E-state index contributed by atoms with van der Waals surface area (Å²) in [6.45, 7) is 0.327. The van der Waals surface area contributed by atoms with Gasteiger partial charge in [-0.25, -0.2) is 23.3 Å². The highest BCUT2D eigenvalue weighted by Crippen LogP contribution is 2.25. The van der Waals surface area contributed by atoms with Crippen LogP contribution in [-0.4, -0.2) is 52.4 Å². The standard InChI is InChI=1S/C17H17F2N3O5/c18-9-3-5-12(10(19)8-9)22-15(24)11(20-17(22)27)4-6-14(23)21-7-1-2-13(21)16(25)26/h3,5,8,11,13H,1-2,4,6-7H2,(H,20,27)(H,25,26)/t11-,13-/m0/s1. The van der Waals surface area contributed by atoms with E-state index in [0.29, 0.717) is 30.4 Å². The van der Waals surface area contributed by atoms with Gasteiger partial charge in [0.05, 0.1) is 5.69 Å². The Morgan fingerprint density at radius 3 is 2.67 bits per heavy atom. The third kappa shape index (κ3) is 3.60. The van der Waals surface area contributed by atoms with E-state index in [0.717, 1.165) is 12.1 Å². The Morgan fingerprint density at radius 2 is 2.00 bits per heavy atom. The Balaban J connectivity index is 1.65. The number of amides is 4. The van der Waals surface area contributed by atoms with Gasteiger partial charge in [-0.2, -0.15) is 0 Å². The Kier molecular flexibility index (Phi) is 5.06. The van der Waals surface area contributed by atoms with Crippen LogP contribution in [0.4, 0.5) is 19.3 Å². The fraction of sp³-hybridized carbons (Fsp3) is 0.412. The molecule has 0 saturated carbocycles. The minimum Gasteiger partial charge on any atom is -0.480 e. The summed E-state index contributed by atoms with van der Waals surface area (Å²) < 4.78 is 26.9. The average Bonchev–Trinajstić information content (AvgIpc) is 3.19. The number of urea groups is 1. The fourth-order valence-electron chi connectivity index (χ4n) is 3.35. The summed E-state index contributed by atoms with van der Waals surface area (Å²) in [7, 11) is 0. The Hall–Kier alpha value is -3.04. The number of anilines is 1. The number of carboxylic acids is 1. The van der Waals surface area contributed by atoms with Crippen molar-refractivity contribution in [3.8, 4) is 0 Å². The highest BCUT2D eigenvalue weighted by atomic mass is 19.1. The zero-order valence-corrected chi connectivity index (χ0v) is 14.2. The second-order valence-electron chi connectivity index (χ2n) is 6.39. The van der Waals surface area contributed by atoms with Gasteiger partial charge >= 0.3 is 12.0 Å². The zero-order chi connectivity index (χ0) is 19.7. The monoisotopic (exact) mass is 381 g/mol. The number of hydrogen-bond acceptors (Lipinski definition) is 4. The number of aliphatic carboxylic acids is 1. The number of carbonyl (C=O) groups is 4. The molecular weight excluding hydrogens is 364 g/mol. The maximum Gasteiger partial charge on any atom is 0.329 e. The largest absolute Gasteiger partial charge is 0.480 e. The van der Waals surface area contributed by atoms with Gasteiger partial charge in [0.25, 0.3) is 5.91 Å². The van der Waals surface area contributed by atoms with Gasteiger partial charge in [0, 0.05) is 19.0 Å². The van der Waals surface area contributed by atoms with Gasteiger partial charge < -0.3 is 15.3 Å². The van der Waals surface area contributed by atoms with Gasteiger partial charge in [0.2, 0.25) is 5.91 Å². The van der Waals surface area contributed by atoms with E-state index in [1.165, 1.54) is 4.90 Å². The molecule has 2 aliphatic rings. The first kappa shape index (κ1) is 18.7. The van der Waals surface area contributed by atoms with Crippen molar-refractivity contribution in [3.63, 3.8) is 0 Å². The van der Waals surface area contributed by atoms with Crippen molar-refractivity contribution in [1.29, 1.82) is 0 Å². The third-order valence-corrected chi connectivity index (χ3v) is 4.67. The van der Waals surface area contributed by atoms with Crippen molar-refractivity contribution in [1.82, 2.24) is 10.2 Å². The number of imide groups is 1. The van der Waals surface area contributed by atoms with E-state index in [1.807, 2.05) is 0 Å². The number of rotatable bonds is 5. The lowest BCUT2D eigenvalue weighted by Crippen LogP contribution is -2.41.